The van der Waals surface area contributed by atoms with Gasteiger partial charge in [0, 0.05) is 23.2 Å². The first-order valence-corrected chi connectivity index (χ1v) is 6.37. The molecule has 0 radical (unpaired) electrons. The van der Waals surface area contributed by atoms with E-state index in [4.69, 9.17) is 0 Å². The minimum absolute atomic E-state index is 0.0755. The molecule has 0 saturated heterocycles. The van der Waals surface area contributed by atoms with Gasteiger partial charge in [0.2, 0.25) is 5.91 Å². The third kappa shape index (κ3) is 4.53. The number of carbonyl (C=O) groups excluding carboxylic acids is 1. The number of benzene rings is 1. The Morgan fingerprint density at radius 2 is 2.25 bits per heavy atom. The van der Waals surface area contributed by atoms with E-state index in [1.54, 1.807) is 12.1 Å². The summed E-state index contributed by atoms with van der Waals surface area (Å²) < 4.78 is 14.1. The van der Waals surface area contributed by atoms with Crippen LogP contribution in [-0.2, 0) is 11.2 Å². The van der Waals surface area contributed by atoms with E-state index in [-0.39, 0.29) is 11.7 Å². The topological polar surface area (TPSA) is 29.1 Å². The van der Waals surface area contributed by atoms with Crippen LogP contribution >= 0.6 is 28.6 Å². The Labute approximate surface area is 108 Å². The number of rotatable bonds is 5. The number of hydrogen-bond donors (Lipinski definition) is 2. The predicted octanol–water partition coefficient (Wildman–Crippen LogP) is 2.57. The number of hydrogen-bond acceptors (Lipinski definition) is 2. The molecular formula is C11H13BrFNOS. The monoisotopic (exact) mass is 305 g/mol. The van der Waals surface area contributed by atoms with Gasteiger partial charge in [-0.3, -0.25) is 4.79 Å². The fourth-order valence-electron chi connectivity index (χ4n) is 1.27. The Morgan fingerprint density at radius 3 is 2.94 bits per heavy atom. The molecule has 1 aromatic carbocycles. The lowest BCUT2D eigenvalue weighted by Gasteiger charge is -2.05. The second kappa shape index (κ2) is 6.91. The molecule has 0 bridgehead atoms. The quantitative estimate of drug-likeness (QED) is 0.804. The lowest BCUT2D eigenvalue weighted by molar-refractivity contribution is -0.120. The average molecular weight is 306 g/mol. The van der Waals surface area contributed by atoms with Gasteiger partial charge < -0.3 is 5.32 Å². The second-order valence-electron chi connectivity index (χ2n) is 3.31. The second-order valence-corrected chi connectivity index (χ2v) is 4.67. The highest BCUT2D eigenvalue weighted by molar-refractivity contribution is 9.10. The van der Waals surface area contributed by atoms with Crippen LogP contribution in [0, 0.1) is 5.82 Å². The van der Waals surface area contributed by atoms with Gasteiger partial charge >= 0.3 is 0 Å². The Hall–Kier alpha value is -0.550. The Bertz CT molecular complexity index is 373. The molecule has 1 aromatic rings. The molecule has 1 amide bonds. The van der Waals surface area contributed by atoms with Gasteiger partial charge in [-0.15, -0.1) is 0 Å². The van der Waals surface area contributed by atoms with E-state index in [1.807, 2.05) is 0 Å². The summed E-state index contributed by atoms with van der Waals surface area (Å²) >= 11 is 7.25. The minimum Gasteiger partial charge on any atom is -0.355 e. The molecule has 2 nitrogen and oxygen atoms in total. The van der Waals surface area contributed by atoms with Crippen LogP contribution in [0.25, 0.3) is 0 Å². The van der Waals surface area contributed by atoms with Crippen molar-refractivity contribution in [2.45, 2.75) is 12.8 Å². The summed E-state index contributed by atoms with van der Waals surface area (Å²) in [6, 6.07) is 4.73. The van der Waals surface area contributed by atoms with E-state index in [0.29, 0.717) is 30.7 Å². The highest BCUT2D eigenvalue weighted by Gasteiger charge is 2.06. The SMILES string of the molecule is O=C(CCc1cc(Br)ccc1F)NCCS. The zero-order chi connectivity index (χ0) is 12.0. The molecule has 5 heteroatoms. The molecule has 1 rings (SSSR count). The third-order valence-corrected chi connectivity index (χ3v) is 2.78. The molecule has 0 spiro atoms. The molecule has 0 unspecified atom stereocenters. The maximum atomic E-state index is 13.3. The number of carbonyl (C=O) groups is 1. The van der Waals surface area contributed by atoms with Gasteiger partial charge in [0.05, 0.1) is 0 Å². The summed E-state index contributed by atoms with van der Waals surface area (Å²) in [4.78, 5) is 11.3. The summed E-state index contributed by atoms with van der Waals surface area (Å²) in [6.07, 6.45) is 0.699. The van der Waals surface area contributed by atoms with E-state index in [1.165, 1.54) is 6.07 Å². The van der Waals surface area contributed by atoms with Gasteiger partial charge in [-0.05, 0) is 30.2 Å². The first-order valence-electron chi connectivity index (χ1n) is 4.95. The third-order valence-electron chi connectivity index (χ3n) is 2.06. The van der Waals surface area contributed by atoms with Crippen LogP contribution < -0.4 is 5.32 Å². The number of nitrogens with one attached hydrogen (secondary N) is 1. The van der Waals surface area contributed by atoms with Gasteiger partial charge in [-0.1, -0.05) is 15.9 Å². The van der Waals surface area contributed by atoms with Crippen molar-refractivity contribution in [1.29, 1.82) is 0 Å². The highest BCUT2D eigenvalue weighted by Crippen LogP contribution is 2.16. The van der Waals surface area contributed by atoms with Crippen molar-refractivity contribution >= 4 is 34.5 Å². The lowest BCUT2D eigenvalue weighted by atomic mass is 10.1. The van der Waals surface area contributed by atoms with Crippen LogP contribution in [0.2, 0.25) is 0 Å². The summed E-state index contributed by atoms with van der Waals surface area (Å²) in [6.45, 7) is 0.545. The highest BCUT2D eigenvalue weighted by atomic mass is 79.9. The standard InChI is InChI=1S/C11H13BrFNOS/c12-9-2-3-10(13)8(7-9)1-4-11(15)14-5-6-16/h2-3,7,16H,1,4-6H2,(H,14,15). The first kappa shape index (κ1) is 13.5. The van der Waals surface area contributed by atoms with Crippen LogP contribution in [0.3, 0.4) is 0 Å². The van der Waals surface area contributed by atoms with E-state index in [0.717, 1.165) is 4.47 Å². The van der Waals surface area contributed by atoms with Crippen LogP contribution in [0.15, 0.2) is 22.7 Å². The van der Waals surface area contributed by atoms with Crippen molar-refractivity contribution in [2.75, 3.05) is 12.3 Å². The van der Waals surface area contributed by atoms with Crippen LogP contribution in [0.4, 0.5) is 4.39 Å². The molecule has 88 valence electrons. The number of thiol groups is 1. The fourth-order valence-corrected chi connectivity index (χ4v) is 1.79. The van der Waals surface area contributed by atoms with E-state index in [2.05, 4.69) is 33.9 Å². The molecular weight excluding hydrogens is 293 g/mol. The van der Waals surface area contributed by atoms with Crippen molar-refractivity contribution in [2.24, 2.45) is 0 Å². The number of halogens is 2. The average Bonchev–Trinajstić information content (AvgIpc) is 2.27. The predicted molar refractivity (Wildman–Crippen MR) is 69.3 cm³/mol. The Kier molecular flexibility index (Phi) is 5.84. The first-order chi connectivity index (χ1) is 7.63. The lowest BCUT2D eigenvalue weighted by Crippen LogP contribution is -2.25. The van der Waals surface area contributed by atoms with E-state index >= 15 is 0 Å². The van der Waals surface area contributed by atoms with Gasteiger partial charge in [0.25, 0.3) is 0 Å². The molecule has 16 heavy (non-hydrogen) atoms. The van der Waals surface area contributed by atoms with Gasteiger partial charge in [-0.2, -0.15) is 12.6 Å². The summed E-state index contributed by atoms with van der Waals surface area (Å²) in [5.74, 6) is 0.260. The fraction of sp³-hybridized carbons (Fsp3) is 0.364. The van der Waals surface area contributed by atoms with E-state index < -0.39 is 0 Å². The normalized spacial score (nSPS) is 10.2. The van der Waals surface area contributed by atoms with Crippen molar-refractivity contribution in [3.8, 4) is 0 Å². The molecule has 0 aliphatic rings. The Morgan fingerprint density at radius 1 is 1.50 bits per heavy atom. The van der Waals surface area contributed by atoms with Crippen LogP contribution in [0.5, 0.6) is 0 Å². The molecule has 1 N–H and O–H groups in total. The van der Waals surface area contributed by atoms with Gasteiger partial charge in [0.15, 0.2) is 0 Å². The maximum Gasteiger partial charge on any atom is 0.220 e. The minimum atomic E-state index is -0.273. The molecule has 0 saturated carbocycles. The summed E-state index contributed by atoms with van der Waals surface area (Å²) in [5.41, 5.74) is 0.551. The maximum absolute atomic E-state index is 13.3. The van der Waals surface area contributed by atoms with Crippen molar-refractivity contribution in [3.05, 3.63) is 34.1 Å². The van der Waals surface area contributed by atoms with Gasteiger partial charge in [-0.25, -0.2) is 4.39 Å². The van der Waals surface area contributed by atoms with Crippen molar-refractivity contribution in [3.63, 3.8) is 0 Å². The number of amides is 1. The smallest absolute Gasteiger partial charge is 0.220 e. The zero-order valence-electron chi connectivity index (χ0n) is 8.67. The molecule has 0 aliphatic heterocycles. The van der Waals surface area contributed by atoms with E-state index in [9.17, 15) is 9.18 Å². The van der Waals surface area contributed by atoms with Gasteiger partial charge in [0.1, 0.15) is 5.82 Å². The molecule has 0 aliphatic carbocycles. The summed E-state index contributed by atoms with van der Waals surface area (Å²) in [7, 11) is 0. The molecule has 0 heterocycles. The summed E-state index contributed by atoms with van der Waals surface area (Å²) in [5, 5.41) is 2.69. The van der Waals surface area contributed by atoms with Crippen LogP contribution in [0.1, 0.15) is 12.0 Å². The molecule has 0 fully saturated rings. The van der Waals surface area contributed by atoms with Crippen molar-refractivity contribution in [1.82, 2.24) is 5.32 Å². The Balaban J connectivity index is 2.47. The molecule has 0 atom stereocenters. The van der Waals surface area contributed by atoms with Crippen molar-refractivity contribution < 1.29 is 9.18 Å². The van der Waals surface area contributed by atoms with Crippen LogP contribution in [-0.4, -0.2) is 18.2 Å². The molecule has 0 aromatic heterocycles. The largest absolute Gasteiger partial charge is 0.355 e. The number of aryl methyl sites for hydroxylation is 1. The zero-order valence-corrected chi connectivity index (χ0v) is 11.2.